The average Bonchev–Trinajstić information content (AvgIpc) is 2.07. The molecule has 0 saturated carbocycles. The first-order chi connectivity index (χ1) is 5.79. The topological polar surface area (TPSA) is 0 Å². The van der Waals surface area contributed by atoms with Gasteiger partial charge in [0.1, 0.15) is 15.7 Å². The summed E-state index contributed by atoms with van der Waals surface area (Å²) in [4.78, 5) is 0. The van der Waals surface area contributed by atoms with Gasteiger partial charge >= 0.3 is 0 Å². The number of hydrogen-bond acceptors (Lipinski definition) is 0. The Hall–Kier alpha value is -1.17. The summed E-state index contributed by atoms with van der Waals surface area (Å²) < 4.78 is 0. The fourth-order valence-electron chi connectivity index (χ4n) is 1.36. The summed E-state index contributed by atoms with van der Waals surface area (Å²) in [6.07, 6.45) is 0. The normalized spacial score (nSPS) is 10.3. The van der Waals surface area contributed by atoms with Gasteiger partial charge in [-0.05, 0) is 10.8 Å². The van der Waals surface area contributed by atoms with Gasteiger partial charge in [0, 0.05) is 0 Å². The summed E-state index contributed by atoms with van der Waals surface area (Å²) in [5.74, 6) is 0. The van der Waals surface area contributed by atoms with E-state index in [0.717, 1.165) is 21.7 Å². The molecule has 2 aromatic carbocycles. The van der Waals surface area contributed by atoms with Crippen molar-refractivity contribution in [3.8, 4) is 0 Å². The summed E-state index contributed by atoms with van der Waals surface area (Å²) in [5, 5.41) is 2.05. The van der Waals surface area contributed by atoms with E-state index in [4.69, 9.17) is 15.7 Å². The molecule has 12 heavy (non-hydrogen) atoms. The Morgan fingerprint density at radius 2 is 1.08 bits per heavy atom. The van der Waals surface area contributed by atoms with Crippen molar-refractivity contribution >= 4 is 37.4 Å². The molecule has 0 atom stereocenters. The summed E-state index contributed by atoms with van der Waals surface area (Å²) in [6.45, 7) is 0. The highest BCUT2D eigenvalue weighted by molar-refractivity contribution is 6.43. The van der Waals surface area contributed by atoms with Gasteiger partial charge in [0.15, 0.2) is 0 Å². The van der Waals surface area contributed by atoms with Crippen molar-refractivity contribution in [1.82, 2.24) is 0 Å². The maximum absolute atomic E-state index is 5.77. The van der Waals surface area contributed by atoms with Gasteiger partial charge in [0.2, 0.25) is 0 Å². The second kappa shape index (κ2) is 2.71. The van der Waals surface area contributed by atoms with Crippen LogP contribution in [0.15, 0.2) is 36.4 Å². The van der Waals surface area contributed by atoms with Crippen molar-refractivity contribution in [2.24, 2.45) is 0 Å². The molecule has 2 rings (SSSR count). The van der Waals surface area contributed by atoms with Crippen LogP contribution in [0.1, 0.15) is 0 Å². The average molecular weight is 148 g/mol. The smallest absolute Gasteiger partial charge is 0.0890 e. The first-order valence-corrected chi connectivity index (χ1v) is 3.82. The van der Waals surface area contributed by atoms with Gasteiger partial charge in [-0.1, -0.05) is 47.3 Å². The van der Waals surface area contributed by atoms with E-state index in [0.29, 0.717) is 0 Å². The van der Waals surface area contributed by atoms with Crippen LogP contribution in [-0.2, 0) is 0 Å². The van der Waals surface area contributed by atoms with Gasteiger partial charge < -0.3 is 0 Å². The lowest BCUT2D eigenvalue weighted by Crippen LogP contribution is -2.09. The Morgan fingerprint density at radius 3 is 1.50 bits per heavy atom. The molecule has 52 valence electrons. The first kappa shape index (κ1) is 7.48. The highest BCUT2D eigenvalue weighted by Gasteiger charge is 1.96. The fourth-order valence-corrected chi connectivity index (χ4v) is 1.36. The lowest BCUT2D eigenvalue weighted by molar-refractivity contribution is 1.82. The van der Waals surface area contributed by atoms with Gasteiger partial charge in [0.25, 0.3) is 0 Å². The Labute approximate surface area is 74.4 Å². The number of hydrogen-bond donors (Lipinski definition) is 0. The molecule has 0 aliphatic carbocycles. The van der Waals surface area contributed by atoms with E-state index in [1.165, 1.54) is 0 Å². The third-order valence-electron chi connectivity index (χ3n) is 1.99. The van der Waals surface area contributed by atoms with Gasteiger partial charge in [-0.2, -0.15) is 0 Å². The minimum atomic E-state index is 0.778. The van der Waals surface area contributed by atoms with Crippen molar-refractivity contribution in [1.29, 1.82) is 0 Å². The zero-order chi connectivity index (χ0) is 8.55. The van der Waals surface area contributed by atoms with E-state index >= 15 is 0 Å². The van der Waals surface area contributed by atoms with Gasteiger partial charge in [-0.25, -0.2) is 0 Å². The van der Waals surface area contributed by atoms with Gasteiger partial charge in [0.05, 0.1) is 0 Å². The van der Waals surface area contributed by atoms with Crippen molar-refractivity contribution in [3.63, 3.8) is 0 Å². The molecule has 0 unspecified atom stereocenters. The van der Waals surface area contributed by atoms with E-state index in [2.05, 4.69) is 0 Å². The molecule has 0 fully saturated rings. The van der Waals surface area contributed by atoms with Crippen LogP contribution in [0.4, 0.5) is 0 Å². The minimum absolute atomic E-state index is 0.778. The highest BCUT2D eigenvalue weighted by atomic mass is 14.0. The molecular weight excluding hydrogens is 142 g/mol. The fraction of sp³-hybridized carbons (Fsp3) is 0. The van der Waals surface area contributed by atoms with Crippen LogP contribution in [-0.4, -0.2) is 15.7 Å². The summed E-state index contributed by atoms with van der Waals surface area (Å²) in [5.41, 5.74) is 1.56. The van der Waals surface area contributed by atoms with Crippen LogP contribution in [0.3, 0.4) is 0 Å². The Kier molecular flexibility index (Phi) is 1.69. The van der Waals surface area contributed by atoms with Crippen LogP contribution in [0.25, 0.3) is 10.8 Å². The van der Waals surface area contributed by atoms with E-state index in [1.807, 2.05) is 36.4 Å². The molecule has 0 saturated heterocycles. The van der Waals surface area contributed by atoms with Crippen LogP contribution in [0, 0.1) is 0 Å². The molecule has 0 nitrogen and oxygen atoms in total. The molecule has 0 N–H and O–H groups in total. The molecule has 0 aliphatic heterocycles. The third-order valence-corrected chi connectivity index (χ3v) is 1.99. The monoisotopic (exact) mass is 148 g/mol. The Bertz CT molecular complexity index is 380. The lowest BCUT2D eigenvalue weighted by Gasteiger charge is -2.04. The number of benzene rings is 2. The maximum Gasteiger partial charge on any atom is 0.114 e. The van der Waals surface area contributed by atoms with Crippen molar-refractivity contribution in [3.05, 3.63) is 36.4 Å². The standard InChI is InChI=1S/C10H6B2/c11-9-5-1-3-7-8(9)4-2-6-10(7)12/h1-6H. The number of rotatable bonds is 0. The van der Waals surface area contributed by atoms with E-state index < -0.39 is 0 Å². The molecule has 0 bridgehead atoms. The lowest BCUT2D eigenvalue weighted by atomic mass is 9.84. The van der Waals surface area contributed by atoms with Crippen molar-refractivity contribution < 1.29 is 0 Å². The second-order valence-electron chi connectivity index (χ2n) is 2.79. The zero-order valence-corrected chi connectivity index (χ0v) is 6.62. The van der Waals surface area contributed by atoms with Gasteiger partial charge in [-0.3, -0.25) is 0 Å². The number of fused-ring (bicyclic) bond motifs is 1. The van der Waals surface area contributed by atoms with Crippen LogP contribution >= 0.6 is 0 Å². The van der Waals surface area contributed by atoms with Crippen LogP contribution < -0.4 is 10.9 Å². The summed E-state index contributed by atoms with van der Waals surface area (Å²) in [6, 6.07) is 11.5. The maximum atomic E-state index is 5.77. The van der Waals surface area contributed by atoms with E-state index in [1.54, 1.807) is 0 Å². The van der Waals surface area contributed by atoms with Crippen LogP contribution in [0.5, 0.6) is 0 Å². The van der Waals surface area contributed by atoms with Crippen molar-refractivity contribution in [2.45, 2.75) is 0 Å². The second-order valence-corrected chi connectivity index (χ2v) is 2.79. The molecule has 2 heteroatoms. The molecule has 0 heterocycles. The molecule has 0 aliphatic rings. The minimum Gasteiger partial charge on any atom is -0.0890 e. The van der Waals surface area contributed by atoms with E-state index in [9.17, 15) is 0 Å². The molecule has 0 spiro atoms. The molecular formula is C10H6B2. The molecule has 2 aromatic rings. The Morgan fingerprint density at radius 1 is 0.667 bits per heavy atom. The van der Waals surface area contributed by atoms with Gasteiger partial charge in [-0.15, -0.1) is 0 Å². The zero-order valence-electron chi connectivity index (χ0n) is 6.62. The quantitative estimate of drug-likeness (QED) is 0.475. The third kappa shape index (κ3) is 1.04. The summed E-state index contributed by atoms with van der Waals surface area (Å²) in [7, 11) is 11.5. The molecule has 0 amide bonds. The molecule has 4 radical (unpaired) electrons. The predicted octanol–water partition coefficient (Wildman–Crippen LogP) is 0.427. The molecule has 0 aromatic heterocycles. The first-order valence-electron chi connectivity index (χ1n) is 3.82. The van der Waals surface area contributed by atoms with Crippen molar-refractivity contribution in [2.75, 3.05) is 0 Å². The van der Waals surface area contributed by atoms with Crippen LogP contribution in [0.2, 0.25) is 0 Å². The largest absolute Gasteiger partial charge is 0.114 e. The van der Waals surface area contributed by atoms with E-state index in [-0.39, 0.29) is 0 Å². The SMILES string of the molecule is [B]c1cccc2c([B])cccc12. The highest BCUT2D eigenvalue weighted by Crippen LogP contribution is 2.06. The summed E-state index contributed by atoms with van der Waals surface area (Å²) >= 11 is 0. The Balaban J connectivity index is 2.94. The predicted molar refractivity (Wildman–Crippen MR) is 54.7 cm³/mol.